The molecule has 1 aliphatic rings. The maximum absolute atomic E-state index is 12.5. The quantitative estimate of drug-likeness (QED) is 0.636. The number of nitrogens with zero attached hydrogens (tertiary/aromatic N) is 1. The second kappa shape index (κ2) is 10.7. The number of hydrogen-bond donors (Lipinski definition) is 1. The van der Waals surface area contributed by atoms with Gasteiger partial charge in [-0.15, -0.1) is 0 Å². The molecule has 1 heterocycles. The molecule has 0 bridgehead atoms. The molecule has 1 aliphatic heterocycles. The Hall–Kier alpha value is -3.22. The lowest BCUT2D eigenvalue weighted by molar-refractivity contribution is -0.123. The zero-order chi connectivity index (χ0) is 22.2. The molecule has 7 heteroatoms. The second-order valence-electron chi connectivity index (χ2n) is 7.43. The first-order valence-corrected chi connectivity index (χ1v) is 10.7. The summed E-state index contributed by atoms with van der Waals surface area (Å²) in [6.07, 6.45) is 2.75. The Balaban J connectivity index is 1.57. The van der Waals surface area contributed by atoms with Gasteiger partial charge in [0.15, 0.2) is 17.6 Å². The number of piperidine rings is 1. The number of carbonyl (C=O) groups is 2. The maximum atomic E-state index is 12.5. The topological polar surface area (TPSA) is 77.1 Å². The molecule has 0 spiro atoms. The summed E-state index contributed by atoms with van der Waals surface area (Å²) in [5, 5.41) is 2.80. The van der Waals surface area contributed by atoms with Crippen molar-refractivity contribution < 1.29 is 23.8 Å². The van der Waals surface area contributed by atoms with Crippen molar-refractivity contribution in [2.24, 2.45) is 0 Å². The average Bonchev–Trinajstić information content (AvgIpc) is 2.80. The fraction of sp³-hybridized carbons (Fsp3) is 0.417. The molecule has 1 fully saturated rings. The van der Waals surface area contributed by atoms with Crippen molar-refractivity contribution >= 4 is 23.3 Å². The number of ether oxygens (including phenoxy) is 3. The van der Waals surface area contributed by atoms with Gasteiger partial charge in [-0.2, -0.15) is 0 Å². The summed E-state index contributed by atoms with van der Waals surface area (Å²) < 4.78 is 16.0. The third-order valence-corrected chi connectivity index (χ3v) is 5.21. The van der Waals surface area contributed by atoms with Crippen LogP contribution in [0.5, 0.6) is 11.5 Å². The summed E-state index contributed by atoms with van der Waals surface area (Å²) in [5.41, 5.74) is 2.10. The van der Waals surface area contributed by atoms with Gasteiger partial charge in [-0.05, 0) is 75.6 Å². The Morgan fingerprint density at radius 3 is 2.39 bits per heavy atom. The Morgan fingerprint density at radius 1 is 1.03 bits per heavy atom. The third kappa shape index (κ3) is 5.90. The third-order valence-electron chi connectivity index (χ3n) is 5.21. The lowest BCUT2D eigenvalue weighted by atomic mass is 10.1. The van der Waals surface area contributed by atoms with E-state index >= 15 is 0 Å². The van der Waals surface area contributed by atoms with E-state index in [-0.39, 0.29) is 5.56 Å². The van der Waals surface area contributed by atoms with Crippen LogP contribution in [0, 0.1) is 0 Å². The minimum absolute atomic E-state index is 0.283. The zero-order valence-corrected chi connectivity index (χ0v) is 18.3. The van der Waals surface area contributed by atoms with E-state index in [0.717, 1.165) is 18.8 Å². The molecule has 1 amide bonds. The summed E-state index contributed by atoms with van der Waals surface area (Å²) >= 11 is 0. The molecule has 1 atom stereocenters. The molecular weight excluding hydrogens is 396 g/mol. The molecule has 1 saturated heterocycles. The van der Waals surface area contributed by atoms with Gasteiger partial charge in [0.2, 0.25) is 0 Å². The number of hydrogen-bond acceptors (Lipinski definition) is 6. The smallest absolute Gasteiger partial charge is 0.339 e. The molecule has 0 aromatic heterocycles. The van der Waals surface area contributed by atoms with Crippen LogP contribution in [0.2, 0.25) is 0 Å². The zero-order valence-electron chi connectivity index (χ0n) is 18.3. The average molecular weight is 427 g/mol. The number of amides is 1. The SMILES string of the molecule is CCOc1ccc(C(=O)O[C@@H](C)C(=O)Nc2ccc(N3CCCCC3)cc2)cc1OC. The summed E-state index contributed by atoms with van der Waals surface area (Å²) in [6, 6.07) is 12.5. The van der Waals surface area contributed by atoms with E-state index in [1.165, 1.54) is 32.4 Å². The highest BCUT2D eigenvalue weighted by Crippen LogP contribution is 2.28. The van der Waals surface area contributed by atoms with Crippen LogP contribution in [-0.4, -0.2) is 44.8 Å². The van der Waals surface area contributed by atoms with Gasteiger partial charge in [0, 0.05) is 24.5 Å². The van der Waals surface area contributed by atoms with Crippen LogP contribution < -0.4 is 19.7 Å². The molecule has 2 aromatic rings. The van der Waals surface area contributed by atoms with Crippen molar-refractivity contribution in [1.29, 1.82) is 0 Å². The van der Waals surface area contributed by atoms with Gasteiger partial charge in [-0.3, -0.25) is 4.79 Å². The highest BCUT2D eigenvalue weighted by Gasteiger charge is 2.20. The number of methoxy groups -OCH3 is 1. The predicted octanol–water partition coefficient (Wildman–Crippen LogP) is 4.27. The highest BCUT2D eigenvalue weighted by molar-refractivity contribution is 5.97. The molecule has 0 radical (unpaired) electrons. The molecule has 7 nitrogen and oxygen atoms in total. The fourth-order valence-electron chi connectivity index (χ4n) is 3.50. The molecule has 0 saturated carbocycles. The lowest BCUT2D eigenvalue weighted by Crippen LogP contribution is -2.30. The molecule has 31 heavy (non-hydrogen) atoms. The Kier molecular flexibility index (Phi) is 7.76. The van der Waals surface area contributed by atoms with Gasteiger partial charge in [0.25, 0.3) is 5.91 Å². The summed E-state index contributed by atoms with van der Waals surface area (Å²) in [5.74, 6) is -0.0241. The molecular formula is C24H30N2O5. The van der Waals surface area contributed by atoms with E-state index in [2.05, 4.69) is 10.2 Å². The standard InChI is InChI=1S/C24H30N2O5/c1-4-30-21-13-8-18(16-22(21)29-3)24(28)31-17(2)23(27)25-19-9-11-20(12-10-19)26-14-6-5-7-15-26/h8-13,16-17H,4-7,14-15H2,1-3H3,(H,25,27)/t17-/m0/s1. The molecule has 1 N–H and O–H groups in total. The normalized spacial score (nSPS) is 14.5. The summed E-state index contributed by atoms with van der Waals surface area (Å²) in [6.45, 7) is 6.02. The van der Waals surface area contributed by atoms with Crippen molar-refractivity contribution in [2.75, 3.05) is 37.0 Å². The first-order valence-electron chi connectivity index (χ1n) is 10.7. The van der Waals surface area contributed by atoms with Crippen molar-refractivity contribution in [2.45, 2.75) is 39.2 Å². The van der Waals surface area contributed by atoms with Gasteiger partial charge in [-0.25, -0.2) is 4.79 Å². The first kappa shape index (κ1) is 22.5. The Bertz CT molecular complexity index is 891. The lowest BCUT2D eigenvalue weighted by Gasteiger charge is -2.28. The maximum Gasteiger partial charge on any atom is 0.339 e. The Morgan fingerprint density at radius 2 is 1.74 bits per heavy atom. The van der Waals surface area contributed by atoms with Crippen molar-refractivity contribution in [1.82, 2.24) is 0 Å². The van der Waals surface area contributed by atoms with E-state index in [9.17, 15) is 9.59 Å². The van der Waals surface area contributed by atoms with E-state index in [1.54, 1.807) is 19.1 Å². The summed E-state index contributed by atoms with van der Waals surface area (Å²) in [7, 11) is 1.50. The van der Waals surface area contributed by atoms with Crippen LogP contribution in [0.15, 0.2) is 42.5 Å². The fourth-order valence-corrected chi connectivity index (χ4v) is 3.50. The largest absolute Gasteiger partial charge is 0.493 e. The van der Waals surface area contributed by atoms with E-state index in [0.29, 0.717) is 23.8 Å². The minimum Gasteiger partial charge on any atom is -0.493 e. The van der Waals surface area contributed by atoms with E-state index in [1.807, 2.05) is 31.2 Å². The van der Waals surface area contributed by atoms with Crippen LogP contribution in [-0.2, 0) is 9.53 Å². The number of carbonyl (C=O) groups excluding carboxylic acids is 2. The number of anilines is 2. The molecule has 0 unspecified atom stereocenters. The number of benzene rings is 2. The van der Waals surface area contributed by atoms with Gasteiger partial charge in [0.1, 0.15) is 0 Å². The van der Waals surface area contributed by atoms with Crippen LogP contribution in [0.3, 0.4) is 0 Å². The number of nitrogens with one attached hydrogen (secondary N) is 1. The Labute approximate surface area is 183 Å². The highest BCUT2D eigenvalue weighted by atomic mass is 16.5. The summed E-state index contributed by atoms with van der Waals surface area (Å²) in [4.78, 5) is 27.3. The minimum atomic E-state index is -0.952. The van der Waals surface area contributed by atoms with E-state index < -0.39 is 18.0 Å². The molecule has 0 aliphatic carbocycles. The van der Waals surface area contributed by atoms with Crippen molar-refractivity contribution in [3.8, 4) is 11.5 Å². The molecule has 166 valence electrons. The number of rotatable bonds is 8. The van der Waals surface area contributed by atoms with E-state index in [4.69, 9.17) is 14.2 Å². The van der Waals surface area contributed by atoms with Gasteiger partial charge < -0.3 is 24.4 Å². The van der Waals surface area contributed by atoms with Gasteiger partial charge in [0.05, 0.1) is 19.3 Å². The number of esters is 1. The monoisotopic (exact) mass is 426 g/mol. The van der Waals surface area contributed by atoms with Crippen LogP contribution in [0.1, 0.15) is 43.5 Å². The van der Waals surface area contributed by atoms with Crippen molar-refractivity contribution in [3.63, 3.8) is 0 Å². The predicted molar refractivity (Wildman–Crippen MR) is 120 cm³/mol. The van der Waals surface area contributed by atoms with Crippen LogP contribution in [0.25, 0.3) is 0 Å². The second-order valence-corrected chi connectivity index (χ2v) is 7.43. The van der Waals surface area contributed by atoms with Crippen LogP contribution >= 0.6 is 0 Å². The molecule has 3 rings (SSSR count). The van der Waals surface area contributed by atoms with Gasteiger partial charge >= 0.3 is 5.97 Å². The van der Waals surface area contributed by atoms with Gasteiger partial charge in [-0.1, -0.05) is 0 Å². The van der Waals surface area contributed by atoms with Crippen LogP contribution in [0.4, 0.5) is 11.4 Å². The molecule has 2 aromatic carbocycles. The van der Waals surface area contributed by atoms with Crippen molar-refractivity contribution in [3.05, 3.63) is 48.0 Å². The first-order chi connectivity index (χ1) is 15.0.